The Bertz CT molecular complexity index is 659. The lowest BCUT2D eigenvalue weighted by atomic mass is 10.1. The Morgan fingerprint density at radius 2 is 1.90 bits per heavy atom. The lowest BCUT2D eigenvalue weighted by molar-refractivity contribution is 0.0988. The second kappa shape index (κ2) is 6.78. The van der Waals surface area contributed by atoms with Crippen LogP contribution in [0.4, 0.5) is 11.4 Å². The zero-order chi connectivity index (χ0) is 15.2. The number of carbonyl (C=O) groups excluding carboxylic acids is 1. The molecule has 2 N–H and O–H groups in total. The number of amides is 1. The standard InChI is InChI=1S/C16H14ClN3O/c17-13-8-4-9-14(19)15(13)16(21)20(11-5-10-18)12-6-2-1-3-7-12/h1-4,6-9H,5,11,19H2. The van der Waals surface area contributed by atoms with Crippen molar-refractivity contribution in [2.45, 2.75) is 6.42 Å². The van der Waals surface area contributed by atoms with Crippen LogP contribution >= 0.6 is 11.6 Å². The summed E-state index contributed by atoms with van der Waals surface area (Å²) in [6.07, 6.45) is 0.227. The number of rotatable bonds is 4. The molecule has 4 nitrogen and oxygen atoms in total. The maximum atomic E-state index is 12.7. The van der Waals surface area contributed by atoms with Gasteiger partial charge in [0.2, 0.25) is 0 Å². The van der Waals surface area contributed by atoms with Crippen LogP contribution in [0.25, 0.3) is 0 Å². The second-order valence-electron chi connectivity index (χ2n) is 4.40. The van der Waals surface area contributed by atoms with Gasteiger partial charge >= 0.3 is 0 Å². The molecule has 21 heavy (non-hydrogen) atoms. The molecule has 0 atom stereocenters. The van der Waals surface area contributed by atoms with Crippen molar-refractivity contribution < 1.29 is 4.79 Å². The van der Waals surface area contributed by atoms with E-state index >= 15 is 0 Å². The van der Waals surface area contributed by atoms with Gasteiger partial charge in [-0.15, -0.1) is 0 Å². The number of hydrogen-bond donors (Lipinski definition) is 1. The molecule has 0 aromatic heterocycles. The van der Waals surface area contributed by atoms with E-state index < -0.39 is 0 Å². The van der Waals surface area contributed by atoms with Gasteiger partial charge in [-0.3, -0.25) is 4.79 Å². The van der Waals surface area contributed by atoms with E-state index in [9.17, 15) is 4.79 Å². The SMILES string of the molecule is N#CCCN(C(=O)c1c(N)cccc1Cl)c1ccccc1. The summed E-state index contributed by atoms with van der Waals surface area (Å²) in [7, 11) is 0. The summed E-state index contributed by atoms with van der Waals surface area (Å²) in [6.45, 7) is 0.282. The third kappa shape index (κ3) is 3.33. The van der Waals surface area contributed by atoms with Crippen LogP contribution in [0.1, 0.15) is 16.8 Å². The maximum absolute atomic E-state index is 12.7. The number of nitriles is 1. The Labute approximate surface area is 128 Å². The van der Waals surface area contributed by atoms with Crippen molar-refractivity contribution in [1.82, 2.24) is 0 Å². The Balaban J connectivity index is 2.42. The number of hydrogen-bond acceptors (Lipinski definition) is 3. The van der Waals surface area contributed by atoms with E-state index in [1.54, 1.807) is 18.2 Å². The average Bonchev–Trinajstić information content (AvgIpc) is 2.48. The molecule has 2 aromatic rings. The van der Waals surface area contributed by atoms with Crippen molar-refractivity contribution >= 4 is 28.9 Å². The van der Waals surface area contributed by atoms with Crippen LogP contribution in [0.5, 0.6) is 0 Å². The minimum absolute atomic E-state index is 0.227. The van der Waals surface area contributed by atoms with Gasteiger partial charge in [-0.1, -0.05) is 35.9 Å². The molecule has 0 aliphatic heterocycles. The molecule has 5 heteroatoms. The van der Waals surface area contributed by atoms with Crippen LogP contribution in [-0.2, 0) is 0 Å². The Morgan fingerprint density at radius 1 is 1.19 bits per heavy atom. The van der Waals surface area contributed by atoms with Crippen LogP contribution in [0, 0.1) is 11.3 Å². The van der Waals surface area contributed by atoms with E-state index in [1.807, 2.05) is 36.4 Å². The maximum Gasteiger partial charge on any atom is 0.261 e. The third-order valence-electron chi connectivity index (χ3n) is 3.02. The van der Waals surface area contributed by atoms with E-state index in [-0.39, 0.29) is 24.4 Å². The van der Waals surface area contributed by atoms with Crippen LogP contribution < -0.4 is 10.6 Å². The van der Waals surface area contributed by atoms with Gasteiger partial charge in [0.15, 0.2) is 0 Å². The minimum Gasteiger partial charge on any atom is -0.398 e. The van der Waals surface area contributed by atoms with Gasteiger partial charge in [-0.05, 0) is 24.3 Å². The summed E-state index contributed by atoms with van der Waals surface area (Å²) in [4.78, 5) is 14.3. The van der Waals surface area contributed by atoms with Gasteiger partial charge < -0.3 is 10.6 Å². The number of nitrogen functional groups attached to an aromatic ring is 1. The molecular weight excluding hydrogens is 286 g/mol. The van der Waals surface area contributed by atoms with Crippen molar-refractivity contribution in [3.8, 4) is 6.07 Å². The topological polar surface area (TPSA) is 70.1 Å². The fourth-order valence-electron chi connectivity index (χ4n) is 2.02. The van der Waals surface area contributed by atoms with Crippen LogP contribution in [0.3, 0.4) is 0 Å². The fourth-order valence-corrected chi connectivity index (χ4v) is 2.28. The fraction of sp³-hybridized carbons (Fsp3) is 0.125. The van der Waals surface area contributed by atoms with Gasteiger partial charge in [0, 0.05) is 17.9 Å². The largest absolute Gasteiger partial charge is 0.398 e. The van der Waals surface area contributed by atoms with Gasteiger partial charge in [0.1, 0.15) is 0 Å². The van der Waals surface area contributed by atoms with E-state index in [0.29, 0.717) is 16.4 Å². The molecule has 0 saturated heterocycles. The van der Waals surface area contributed by atoms with E-state index in [0.717, 1.165) is 0 Å². The van der Waals surface area contributed by atoms with Crippen LogP contribution in [-0.4, -0.2) is 12.5 Å². The van der Waals surface area contributed by atoms with Crippen molar-refractivity contribution in [3.05, 3.63) is 59.1 Å². The predicted octanol–water partition coefficient (Wildman–Crippen LogP) is 3.48. The summed E-state index contributed by atoms with van der Waals surface area (Å²) >= 11 is 6.10. The predicted molar refractivity (Wildman–Crippen MR) is 84.2 cm³/mol. The highest BCUT2D eigenvalue weighted by Crippen LogP contribution is 2.26. The second-order valence-corrected chi connectivity index (χ2v) is 4.81. The zero-order valence-electron chi connectivity index (χ0n) is 11.3. The number of halogens is 1. The molecule has 0 fully saturated rings. The molecule has 0 heterocycles. The number of nitrogens with two attached hydrogens (primary N) is 1. The molecule has 1 amide bonds. The number of nitrogens with zero attached hydrogens (tertiary/aromatic N) is 2. The smallest absolute Gasteiger partial charge is 0.261 e. The van der Waals surface area contributed by atoms with Crippen molar-refractivity contribution in [2.75, 3.05) is 17.2 Å². The van der Waals surface area contributed by atoms with Crippen molar-refractivity contribution in [3.63, 3.8) is 0 Å². The van der Waals surface area contributed by atoms with Crippen molar-refractivity contribution in [2.24, 2.45) is 0 Å². The van der Waals surface area contributed by atoms with Gasteiger partial charge in [0.25, 0.3) is 5.91 Å². The summed E-state index contributed by atoms with van der Waals surface area (Å²) < 4.78 is 0. The molecular formula is C16H14ClN3O. The Morgan fingerprint density at radius 3 is 2.52 bits per heavy atom. The quantitative estimate of drug-likeness (QED) is 0.879. The first-order valence-corrected chi connectivity index (χ1v) is 6.81. The van der Waals surface area contributed by atoms with Gasteiger partial charge in [-0.2, -0.15) is 5.26 Å². The van der Waals surface area contributed by atoms with Crippen molar-refractivity contribution in [1.29, 1.82) is 5.26 Å². The molecule has 106 valence electrons. The highest BCUT2D eigenvalue weighted by Gasteiger charge is 2.21. The van der Waals surface area contributed by atoms with Gasteiger partial charge in [-0.25, -0.2) is 0 Å². The summed E-state index contributed by atoms with van der Waals surface area (Å²) in [5.41, 5.74) is 7.16. The lowest BCUT2D eigenvalue weighted by Crippen LogP contribution is -2.32. The first kappa shape index (κ1) is 14.9. The highest BCUT2D eigenvalue weighted by atomic mass is 35.5. The number of anilines is 2. The first-order chi connectivity index (χ1) is 10.1. The Kier molecular flexibility index (Phi) is 4.81. The minimum atomic E-state index is -0.306. The van der Waals surface area contributed by atoms with E-state index in [1.165, 1.54) is 4.90 Å². The molecule has 0 aliphatic rings. The molecule has 0 unspecified atom stereocenters. The molecule has 0 spiro atoms. The molecule has 2 aromatic carbocycles. The van der Waals surface area contributed by atoms with E-state index in [4.69, 9.17) is 22.6 Å². The van der Waals surface area contributed by atoms with Crippen LogP contribution in [0.2, 0.25) is 5.02 Å². The summed E-state index contributed by atoms with van der Waals surface area (Å²) in [6, 6.07) is 16.1. The Hall–Kier alpha value is -2.51. The third-order valence-corrected chi connectivity index (χ3v) is 3.33. The molecule has 0 aliphatic carbocycles. The summed E-state index contributed by atoms with van der Waals surface area (Å²) in [5.74, 6) is -0.306. The number of benzene rings is 2. The molecule has 2 rings (SSSR count). The average molecular weight is 300 g/mol. The van der Waals surface area contributed by atoms with Crippen LogP contribution in [0.15, 0.2) is 48.5 Å². The molecule has 0 saturated carbocycles. The van der Waals surface area contributed by atoms with E-state index in [2.05, 4.69) is 0 Å². The normalized spacial score (nSPS) is 9.90. The van der Waals surface area contributed by atoms with Gasteiger partial charge in [0.05, 0.1) is 23.1 Å². The highest BCUT2D eigenvalue weighted by molar-refractivity contribution is 6.35. The molecule has 0 bridgehead atoms. The lowest BCUT2D eigenvalue weighted by Gasteiger charge is -2.23. The monoisotopic (exact) mass is 299 g/mol. The first-order valence-electron chi connectivity index (χ1n) is 6.43. The zero-order valence-corrected chi connectivity index (χ0v) is 12.0. The summed E-state index contributed by atoms with van der Waals surface area (Å²) in [5, 5.41) is 9.09. The molecule has 0 radical (unpaired) electrons. The number of carbonyl (C=O) groups is 1. The number of para-hydroxylation sites is 1.